The molecule has 0 atom stereocenters. The summed E-state index contributed by atoms with van der Waals surface area (Å²) in [5, 5.41) is 0. The van der Waals surface area contributed by atoms with E-state index < -0.39 is 0 Å². The highest BCUT2D eigenvalue weighted by Crippen LogP contribution is 2.11. The van der Waals surface area contributed by atoms with Crippen LogP contribution in [-0.4, -0.2) is 24.5 Å². The van der Waals surface area contributed by atoms with Crippen LogP contribution in [0.2, 0.25) is 0 Å². The van der Waals surface area contributed by atoms with Gasteiger partial charge in [0.1, 0.15) is 0 Å². The SMILES string of the molecule is Br.C=CCN(CC=C)CCCCCCCCCCCCC. The lowest BCUT2D eigenvalue weighted by atomic mass is 10.1. The first kappa shape index (κ1) is 23.2. The highest BCUT2D eigenvalue weighted by Gasteiger charge is 1.99. The van der Waals surface area contributed by atoms with Crippen LogP contribution in [0.4, 0.5) is 0 Å². The van der Waals surface area contributed by atoms with Gasteiger partial charge in [-0.15, -0.1) is 30.1 Å². The Bertz CT molecular complexity index is 206. The van der Waals surface area contributed by atoms with Gasteiger partial charge in [0.05, 0.1) is 0 Å². The van der Waals surface area contributed by atoms with Crippen LogP contribution in [0, 0.1) is 0 Å². The molecule has 126 valence electrons. The van der Waals surface area contributed by atoms with E-state index in [0.717, 1.165) is 13.1 Å². The van der Waals surface area contributed by atoms with E-state index in [-0.39, 0.29) is 17.0 Å². The number of unbranched alkanes of at least 4 members (excludes halogenated alkanes) is 10. The van der Waals surface area contributed by atoms with Gasteiger partial charge in [-0.25, -0.2) is 0 Å². The molecule has 0 aromatic carbocycles. The molecule has 0 heterocycles. The molecule has 0 N–H and O–H groups in total. The molecule has 0 fully saturated rings. The van der Waals surface area contributed by atoms with Gasteiger partial charge in [-0.2, -0.15) is 0 Å². The molecule has 0 saturated carbocycles. The van der Waals surface area contributed by atoms with E-state index in [1.54, 1.807) is 0 Å². The van der Waals surface area contributed by atoms with E-state index in [1.807, 2.05) is 12.2 Å². The molecule has 2 heteroatoms. The maximum absolute atomic E-state index is 3.81. The van der Waals surface area contributed by atoms with Crippen LogP contribution in [0.15, 0.2) is 25.3 Å². The first-order valence-electron chi connectivity index (χ1n) is 8.79. The Morgan fingerprint density at radius 2 is 1.05 bits per heavy atom. The molecule has 0 aliphatic carbocycles. The fourth-order valence-corrected chi connectivity index (χ4v) is 2.62. The fraction of sp³-hybridized carbons (Fsp3) is 0.789. The van der Waals surface area contributed by atoms with Crippen molar-refractivity contribution in [3.8, 4) is 0 Å². The summed E-state index contributed by atoms with van der Waals surface area (Å²) in [5.74, 6) is 0. The number of halogens is 1. The number of nitrogens with zero attached hydrogens (tertiary/aromatic N) is 1. The molecule has 0 radical (unpaired) electrons. The molecule has 0 bridgehead atoms. The van der Waals surface area contributed by atoms with Gasteiger partial charge in [-0.1, -0.05) is 83.3 Å². The van der Waals surface area contributed by atoms with Gasteiger partial charge in [0, 0.05) is 13.1 Å². The summed E-state index contributed by atoms with van der Waals surface area (Å²) in [6.07, 6.45) is 19.5. The first-order chi connectivity index (χ1) is 9.85. The van der Waals surface area contributed by atoms with Crippen LogP contribution in [0.3, 0.4) is 0 Å². The molecule has 0 aromatic heterocycles. The molecule has 0 spiro atoms. The smallest absolute Gasteiger partial charge is 0.0163 e. The van der Waals surface area contributed by atoms with Crippen molar-refractivity contribution in [1.29, 1.82) is 0 Å². The van der Waals surface area contributed by atoms with E-state index in [0.29, 0.717) is 0 Å². The maximum Gasteiger partial charge on any atom is 0.0163 e. The highest BCUT2D eigenvalue weighted by molar-refractivity contribution is 8.93. The predicted octanol–water partition coefficient (Wildman–Crippen LogP) is 6.55. The van der Waals surface area contributed by atoms with E-state index >= 15 is 0 Å². The van der Waals surface area contributed by atoms with Crippen molar-refractivity contribution in [2.45, 2.75) is 77.6 Å². The van der Waals surface area contributed by atoms with Crippen molar-refractivity contribution >= 4 is 17.0 Å². The van der Waals surface area contributed by atoms with Gasteiger partial charge in [0.25, 0.3) is 0 Å². The molecule has 0 amide bonds. The van der Waals surface area contributed by atoms with Gasteiger partial charge in [0.2, 0.25) is 0 Å². The molecule has 1 nitrogen and oxygen atoms in total. The summed E-state index contributed by atoms with van der Waals surface area (Å²) < 4.78 is 0. The zero-order valence-electron chi connectivity index (χ0n) is 14.3. The fourth-order valence-electron chi connectivity index (χ4n) is 2.62. The van der Waals surface area contributed by atoms with Crippen LogP contribution in [0.5, 0.6) is 0 Å². The maximum atomic E-state index is 3.81. The van der Waals surface area contributed by atoms with Crippen LogP contribution in [0.25, 0.3) is 0 Å². The largest absolute Gasteiger partial charge is 0.296 e. The van der Waals surface area contributed by atoms with Crippen molar-refractivity contribution in [3.05, 3.63) is 25.3 Å². The molecule has 0 unspecified atom stereocenters. The zero-order chi connectivity index (χ0) is 14.9. The number of rotatable bonds is 16. The summed E-state index contributed by atoms with van der Waals surface area (Å²) in [6.45, 7) is 13.1. The first-order valence-corrected chi connectivity index (χ1v) is 8.79. The lowest BCUT2D eigenvalue weighted by molar-refractivity contribution is 0.324. The second-order valence-corrected chi connectivity index (χ2v) is 5.87. The third-order valence-electron chi connectivity index (χ3n) is 3.85. The van der Waals surface area contributed by atoms with E-state index in [4.69, 9.17) is 0 Å². The van der Waals surface area contributed by atoms with Crippen molar-refractivity contribution in [3.63, 3.8) is 0 Å². The quantitative estimate of drug-likeness (QED) is 0.223. The Labute approximate surface area is 144 Å². The predicted molar refractivity (Wildman–Crippen MR) is 104 cm³/mol. The standard InChI is InChI=1S/C19H37N.BrH/c1-4-7-8-9-10-11-12-13-14-15-16-19-20(17-5-2)18-6-3;/h5-6H,2-4,7-19H2,1H3;1H. The Hall–Kier alpha value is -0.0800. The second kappa shape index (κ2) is 19.9. The molecular formula is C19H38BrN. The van der Waals surface area contributed by atoms with Gasteiger partial charge in [-0.05, 0) is 13.0 Å². The average Bonchev–Trinajstić information content (AvgIpc) is 2.45. The normalized spacial score (nSPS) is 10.4. The lowest BCUT2D eigenvalue weighted by Gasteiger charge is -2.18. The lowest BCUT2D eigenvalue weighted by Crippen LogP contribution is -2.24. The molecule has 0 rings (SSSR count). The van der Waals surface area contributed by atoms with Crippen molar-refractivity contribution in [1.82, 2.24) is 4.90 Å². The van der Waals surface area contributed by atoms with E-state index in [2.05, 4.69) is 25.0 Å². The Morgan fingerprint density at radius 3 is 1.43 bits per heavy atom. The molecule has 0 aromatic rings. The van der Waals surface area contributed by atoms with Crippen molar-refractivity contribution in [2.75, 3.05) is 19.6 Å². The molecule has 0 aliphatic rings. The topological polar surface area (TPSA) is 3.24 Å². The Kier molecular flexibility index (Phi) is 22.0. The van der Waals surface area contributed by atoms with Gasteiger partial charge < -0.3 is 0 Å². The van der Waals surface area contributed by atoms with E-state index in [1.165, 1.54) is 77.2 Å². The van der Waals surface area contributed by atoms with Crippen LogP contribution in [0.1, 0.15) is 77.6 Å². The van der Waals surface area contributed by atoms with Gasteiger partial charge in [-0.3, -0.25) is 4.90 Å². The Morgan fingerprint density at radius 1 is 0.667 bits per heavy atom. The number of hydrogen-bond donors (Lipinski definition) is 0. The van der Waals surface area contributed by atoms with Crippen LogP contribution in [-0.2, 0) is 0 Å². The summed E-state index contributed by atoms with van der Waals surface area (Å²) in [5.41, 5.74) is 0. The summed E-state index contributed by atoms with van der Waals surface area (Å²) in [7, 11) is 0. The van der Waals surface area contributed by atoms with Gasteiger partial charge >= 0.3 is 0 Å². The molecular weight excluding hydrogens is 322 g/mol. The highest BCUT2D eigenvalue weighted by atomic mass is 79.9. The van der Waals surface area contributed by atoms with E-state index in [9.17, 15) is 0 Å². The number of hydrogen-bond acceptors (Lipinski definition) is 1. The monoisotopic (exact) mass is 359 g/mol. The minimum Gasteiger partial charge on any atom is -0.296 e. The van der Waals surface area contributed by atoms with Crippen LogP contribution < -0.4 is 0 Å². The minimum atomic E-state index is 0. The molecule has 0 aliphatic heterocycles. The summed E-state index contributed by atoms with van der Waals surface area (Å²) in [6, 6.07) is 0. The zero-order valence-corrected chi connectivity index (χ0v) is 16.0. The van der Waals surface area contributed by atoms with Crippen LogP contribution >= 0.6 is 17.0 Å². The molecule has 21 heavy (non-hydrogen) atoms. The second-order valence-electron chi connectivity index (χ2n) is 5.87. The van der Waals surface area contributed by atoms with Crippen molar-refractivity contribution < 1.29 is 0 Å². The van der Waals surface area contributed by atoms with Gasteiger partial charge in [0.15, 0.2) is 0 Å². The van der Waals surface area contributed by atoms with Crippen molar-refractivity contribution in [2.24, 2.45) is 0 Å². The Balaban J connectivity index is 0. The molecule has 0 saturated heterocycles. The summed E-state index contributed by atoms with van der Waals surface area (Å²) in [4.78, 5) is 2.41. The summed E-state index contributed by atoms with van der Waals surface area (Å²) >= 11 is 0. The minimum absolute atomic E-state index is 0. The third-order valence-corrected chi connectivity index (χ3v) is 3.85. The third kappa shape index (κ3) is 17.9. The average molecular weight is 360 g/mol.